The molecule has 0 saturated carbocycles. The molecule has 0 heterocycles. The first-order valence-electron chi connectivity index (χ1n) is 7.80. The van der Waals surface area contributed by atoms with E-state index < -0.39 is 0 Å². The number of benzene rings is 1. The van der Waals surface area contributed by atoms with Crippen molar-refractivity contribution in [2.45, 2.75) is 58.3 Å². The molecule has 1 rings (SSSR count). The van der Waals surface area contributed by atoms with Crippen molar-refractivity contribution in [1.82, 2.24) is 5.43 Å². The van der Waals surface area contributed by atoms with E-state index in [1.165, 1.54) is 32.1 Å². The Kier molecular flexibility index (Phi) is 9.55. The van der Waals surface area contributed by atoms with Gasteiger partial charge in [-0.15, -0.1) is 0 Å². The standard InChI is InChI=1S/C17H25ClN2O/c1-2-3-4-5-6-7-8-9-17(21)20-19-14-15-10-12-16(18)13-11-15/h10-14H,2-9H2,1H3,(H,20,21)/b19-14-. The lowest BCUT2D eigenvalue weighted by atomic mass is 10.1. The molecule has 0 aromatic heterocycles. The van der Waals surface area contributed by atoms with Gasteiger partial charge in [0.2, 0.25) is 5.91 Å². The molecule has 0 unspecified atom stereocenters. The lowest BCUT2D eigenvalue weighted by molar-refractivity contribution is -0.121. The van der Waals surface area contributed by atoms with Crippen LogP contribution in [0, 0.1) is 0 Å². The molecule has 3 nitrogen and oxygen atoms in total. The maximum atomic E-state index is 11.6. The number of rotatable bonds is 10. The summed E-state index contributed by atoms with van der Waals surface area (Å²) in [5.41, 5.74) is 3.47. The normalized spacial score (nSPS) is 11.0. The number of carbonyl (C=O) groups is 1. The SMILES string of the molecule is CCCCCCCCCC(=O)N/N=C\c1ccc(Cl)cc1. The van der Waals surface area contributed by atoms with Crippen molar-refractivity contribution >= 4 is 23.7 Å². The summed E-state index contributed by atoms with van der Waals surface area (Å²) in [6.07, 6.45) is 10.6. The highest BCUT2D eigenvalue weighted by Crippen LogP contribution is 2.09. The Morgan fingerprint density at radius 3 is 2.38 bits per heavy atom. The van der Waals surface area contributed by atoms with Crippen LogP contribution >= 0.6 is 11.6 Å². The van der Waals surface area contributed by atoms with Gasteiger partial charge >= 0.3 is 0 Å². The third-order valence-corrected chi connectivity index (χ3v) is 3.53. The second-order valence-corrected chi connectivity index (χ2v) is 5.65. The van der Waals surface area contributed by atoms with Crippen molar-refractivity contribution in [2.75, 3.05) is 0 Å². The summed E-state index contributed by atoms with van der Waals surface area (Å²) in [4.78, 5) is 11.6. The van der Waals surface area contributed by atoms with E-state index in [2.05, 4.69) is 17.5 Å². The molecule has 0 aliphatic heterocycles. The van der Waals surface area contributed by atoms with E-state index >= 15 is 0 Å². The number of hydrogen-bond acceptors (Lipinski definition) is 2. The predicted molar refractivity (Wildman–Crippen MR) is 89.8 cm³/mol. The Bertz CT molecular complexity index is 429. The molecule has 0 aliphatic rings. The zero-order valence-corrected chi connectivity index (χ0v) is 13.5. The van der Waals surface area contributed by atoms with Crippen molar-refractivity contribution in [3.05, 3.63) is 34.9 Å². The van der Waals surface area contributed by atoms with Crippen LogP contribution in [-0.4, -0.2) is 12.1 Å². The van der Waals surface area contributed by atoms with Gasteiger partial charge in [-0.3, -0.25) is 4.79 Å². The molecule has 116 valence electrons. The monoisotopic (exact) mass is 308 g/mol. The molecule has 0 radical (unpaired) electrons. The molecule has 1 amide bonds. The molecular formula is C17H25ClN2O. The van der Waals surface area contributed by atoms with E-state index in [0.29, 0.717) is 11.4 Å². The van der Waals surface area contributed by atoms with Crippen molar-refractivity contribution in [3.8, 4) is 0 Å². The number of nitrogens with zero attached hydrogens (tertiary/aromatic N) is 1. The molecule has 0 bridgehead atoms. The first-order chi connectivity index (χ1) is 10.2. The maximum absolute atomic E-state index is 11.6. The van der Waals surface area contributed by atoms with Crippen LogP contribution in [0.15, 0.2) is 29.4 Å². The molecule has 0 fully saturated rings. The van der Waals surface area contributed by atoms with Crippen LogP contribution in [0.4, 0.5) is 0 Å². The molecule has 1 N–H and O–H groups in total. The Hall–Kier alpha value is -1.35. The number of halogens is 1. The van der Waals surface area contributed by atoms with Crippen LogP contribution in [-0.2, 0) is 4.79 Å². The van der Waals surface area contributed by atoms with E-state index in [1.807, 2.05) is 12.1 Å². The van der Waals surface area contributed by atoms with Crippen LogP contribution < -0.4 is 5.43 Å². The van der Waals surface area contributed by atoms with Crippen molar-refractivity contribution < 1.29 is 4.79 Å². The van der Waals surface area contributed by atoms with Crippen LogP contribution in [0.1, 0.15) is 63.9 Å². The molecule has 0 spiro atoms. The van der Waals surface area contributed by atoms with Gasteiger partial charge in [0.25, 0.3) is 0 Å². The van der Waals surface area contributed by atoms with Crippen molar-refractivity contribution in [1.29, 1.82) is 0 Å². The van der Waals surface area contributed by atoms with Crippen molar-refractivity contribution in [3.63, 3.8) is 0 Å². The van der Waals surface area contributed by atoms with Crippen molar-refractivity contribution in [2.24, 2.45) is 5.10 Å². The number of carbonyl (C=O) groups excluding carboxylic acids is 1. The number of nitrogens with one attached hydrogen (secondary N) is 1. The van der Waals surface area contributed by atoms with E-state index in [-0.39, 0.29) is 5.91 Å². The zero-order valence-electron chi connectivity index (χ0n) is 12.8. The highest BCUT2D eigenvalue weighted by Gasteiger charge is 1.99. The minimum Gasteiger partial charge on any atom is -0.273 e. The summed E-state index contributed by atoms with van der Waals surface area (Å²) >= 11 is 5.79. The third kappa shape index (κ3) is 9.24. The Morgan fingerprint density at radius 2 is 1.71 bits per heavy atom. The topological polar surface area (TPSA) is 41.5 Å². The van der Waals surface area contributed by atoms with Gasteiger partial charge in [-0.2, -0.15) is 5.10 Å². The number of unbranched alkanes of at least 4 members (excludes halogenated alkanes) is 6. The second-order valence-electron chi connectivity index (χ2n) is 5.22. The van der Waals surface area contributed by atoms with Gasteiger partial charge < -0.3 is 0 Å². The average Bonchev–Trinajstić information content (AvgIpc) is 2.48. The number of hydrogen-bond donors (Lipinski definition) is 1. The summed E-state index contributed by atoms with van der Waals surface area (Å²) < 4.78 is 0. The lowest BCUT2D eigenvalue weighted by Gasteiger charge is -2.01. The van der Waals surface area contributed by atoms with Crippen LogP contribution in [0.25, 0.3) is 0 Å². The number of hydrazone groups is 1. The molecule has 0 aliphatic carbocycles. The van der Waals surface area contributed by atoms with Gasteiger partial charge in [0, 0.05) is 11.4 Å². The average molecular weight is 309 g/mol. The molecule has 1 aromatic carbocycles. The van der Waals surface area contributed by atoms with E-state index in [0.717, 1.165) is 18.4 Å². The highest BCUT2D eigenvalue weighted by atomic mass is 35.5. The van der Waals surface area contributed by atoms with Gasteiger partial charge in [-0.25, -0.2) is 5.43 Å². The minimum absolute atomic E-state index is 0.0197. The Morgan fingerprint density at radius 1 is 1.10 bits per heavy atom. The van der Waals surface area contributed by atoms with Gasteiger partial charge in [0.05, 0.1) is 6.21 Å². The first-order valence-corrected chi connectivity index (χ1v) is 8.17. The van der Waals surface area contributed by atoms with Gasteiger partial charge in [0.15, 0.2) is 0 Å². The molecule has 21 heavy (non-hydrogen) atoms. The highest BCUT2D eigenvalue weighted by molar-refractivity contribution is 6.30. The fourth-order valence-electron chi connectivity index (χ4n) is 2.03. The summed E-state index contributed by atoms with van der Waals surface area (Å²) in [7, 11) is 0. The molecule has 4 heteroatoms. The second kappa shape index (κ2) is 11.3. The molecular weight excluding hydrogens is 284 g/mol. The summed E-state index contributed by atoms with van der Waals surface area (Å²) in [6, 6.07) is 7.30. The summed E-state index contributed by atoms with van der Waals surface area (Å²) in [5, 5.41) is 4.63. The Labute approximate surface area is 132 Å². The van der Waals surface area contributed by atoms with Gasteiger partial charge in [-0.1, -0.05) is 69.2 Å². The quantitative estimate of drug-likeness (QED) is 0.371. The van der Waals surface area contributed by atoms with E-state index in [1.54, 1.807) is 18.3 Å². The maximum Gasteiger partial charge on any atom is 0.240 e. The molecule has 1 aromatic rings. The summed E-state index contributed by atoms with van der Waals surface area (Å²) in [6.45, 7) is 2.22. The number of amides is 1. The predicted octanol–water partition coefficient (Wildman–Crippen LogP) is 4.93. The molecule has 0 atom stereocenters. The fourth-order valence-corrected chi connectivity index (χ4v) is 2.15. The smallest absolute Gasteiger partial charge is 0.240 e. The Balaban J connectivity index is 2.07. The fraction of sp³-hybridized carbons (Fsp3) is 0.529. The van der Waals surface area contributed by atoms with Crippen LogP contribution in [0.5, 0.6) is 0 Å². The van der Waals surface area contributed by atoms with Crippen LogP contribution in [0.2, 0.25) is 5.02 Å². The lowest BCUT2D eigenvalue weighted by Crippen LogP contribution is -2.16. The van der Waals surface area contributed by atoms with E-state index in [9.17, 15) is 4.79 Å². The van der Waals surface area contributed by atoms with Gasteiger partial charge in [0.1, 0.15) is 0 Å². The minimum atomic E-state index is -0.0197. The molecule has 0 saturated heterocycles. The summed E-state index contributed by atoms with van der Waals surface area (Å²) in [5.74, 6) is -0.0197. The van der Waals surface area contributed by atoms with Gasteiger partial charge in [-0.05, 0) is 24.1 Å². The van der Waals surface area contributed by atoms with E-state index in [4.69, 9.17) is 11.6 Å². The third-order valence-electron chi connectivity index (χ3n) is 3.28. The van der Waals surface area contributed by atoms with Crippen LogP contribution in [0.3, 0.4) is 0 Å². The first kappa shape index (κ1) is 17.7. The largest absolute Gasteiger partial charge is 0.273 e. The zero-order chi connectivity index (χ0) is 15.3.